The number of pyridine rings is 1. The van der Waals surface area contributed by atoms with Crippen molar-refractivity contribution in [1.29, 1.82) is 0 Å². The molecule has 2 atom stereocenters. The normalized spacial score (nSPS) is 14.2. The first-order valence-electron chi connectivity index (χ1n) is 5.32. The molecule has 1 aromatic heterocycles. The monoisotopic (exact) mass is 257 g/mol. The molecule has 0 aliphatic heterocycles. The molecular weight excluding hydrogens is 242 g/mol. The predicted molar refractivity (Wildman–Crippen MR) is 62.1 cm³/mol. The largest absolute Gasteiger partial charge is 0.501 e. The Kier molecular flexibility index (Phi) is 4.95. The zero-order valence-electron chi connectivity index (χ0n) is 9.78. The summed E-state index contributed by atoms with van der Waals surface area (Å²) >= 11 is 0. The number of aliphatic hydroxyl groups is 2. The van der Waals surface area contributed by atoms with Crippen LogP contribution in [-0.4, -0.2) is 44.9 Å². The summed E-state index contributed by atoms with van der Waals surface area (Å²) in [5, 5.41) is 42.0. The highest BCUT2D eigenvalue weighted by molar-refractivity contribution is 5.39. The van der Waals surface area contributed by atoms with E-state index in [1.165, 1.54) is 6.07 Å². The van der Waals surface area contributed by atoms with Crippen molar-refractivity contribution in [2.75, 3.05) is 13.6 Å². The summed E-state index contributed by atoms with van der Waals surface area (Å²) in [4.78, 5) is 13.2. The van der Waals surface area contributed by atoms with Gasteiger partial charge in [-0.25, -0.2) is 0 Å². The SMILES string of the molecule is CNCCC(O)C(O)c1ccc(O)c([N+](=O)[O-])n1. The number of nitrogens with one attached hydrogen (secondary N) is 1. The summed E-state index contributed by atoms with van der Waals surface area (Å²) in [6.45, 7) is 0.485. The fraction of sp³-hybridized carbons (Fsp3) is 0.500. The lowest BCUT2D eigenvalue weighted by Crippen LogP contribution is -2.24. The zero-order valence-corrected chi connectivity index (χ0v) is 9.78. The zero-order chi connectivity index (χ0) is 13.7. The Bertz CT molecular complexity index is 426. The molecule has 0 fully saturated rings. The molecule has 100 valence electrons. The third-order valence-electron chi connectivity index (χ3n) is 2.41. The fourth-order valence-electron chi connectivity index (χ4n) is 1.40. The minimum Gasteiger partial charge on any atom is -0.501 e. The third-order valence-corrected chi connectivity index (χ3v) is 2.41. The van der Waals surface area contributed by atoms with Crippen LogP contribution in [0.25, 0.3) is 0 Å². The van der Waals surface area contributed by atoms with Gasteiger partial charge in [0.05, 0.1) is 6.10 Å². The van der Waals surface area contributed by atoms with Crippen LogP contribution in [0.2, 0.25) is 0 Å². The van der Waals surface area contributed by atoms with Gasteiger partial charge in [-0.3, -0.25) is 0 Å². The third kappa shape index (κ3) is 3.36. The van der Waals surface area contributed by atoms with Crippen molar-refractivity contribution in [2.45, 2.75) is 18.6 Å². The molecule has 2 unspecified atom stereocenters. The number of rotatable bonds is 6. The van der Waals surface area contributed by atoms with Crippen molar-refractivity contribution in [3.8, 4) is 5.75 Å². The van der Waals surface area contributed by atoms with Gasteiger partial charge in [0.25, 0.3) is 0 Å². The first-order chi connectivity index (χ1) is 8.47. The van der Waals surface area contributed by atoms with E-state index < -0.39 is 28.7 Å². The lowest BCUT2D eigenvalue weighted by molar-refractivity contribution is -0.390. The molecule has 4 N–H and O–H groups in total. The lowest BCUT2D eigenvalue weighted by atomic mass is 10.1. The molecule has 0 aromatic carbocycles. The number of nitrogens with zero attached hydrogens (tertiary/aromatic N) is 2. The molecule has 0 bridgehead atoms. The van der Waals surface area contributed by atoms with Crippen LogP contribution >= 0.6 is 0 Å². The van der Waals surface area contributed by atoms with E-state index in [1.54, 1.807) is 7.05 Å². The second kappa shape index (κ2) is 6.24. The van der Waals surface area contributed by atoms with Crippen LogP contribution in [-0.2, 0) is 0 Å². The maximum absolute atomic E-state index is 10.6. The second-order valence-electron chi connectivity index (χ2n) is 3.74. The van der Waals surface area contributed by atoms with Gasteiger partial charge in [0.15, 0.2) is 5.69 Å². The smallest absolute Gasteiger partial charge is 0.406 e. The summed E-state index contributed by atoms with van der Waals surface area (Å²) < 4.78 is 0. The van der Waals surface area contributed by atoms with E-state index in [2.05, 4.69) is 10.3 Å². The van der Waals surface area contributed by atoms with E-state index in [-0.39, 0.29) is 12.1 Å². The maximum Gasteiger partial charge on any atom is 0.406 e. The Hall–Kier alpha value is -1.77. The number of aromatic hydroxyl groups is 1. The number of hydrogen-bond donors (Lipinski definition) is 4. The molecule has 8 nitrogen and oxygen atoms in total. The highest BCUT2D eigenvalue weighted by Gasteiger charge is 2.26. The van der Waals surface area contributed by atoms with Gasteiger partial charge >= 0.3 is 5.82 Å². The quantitative estimate of drug-likeness (QED) is 0.406. The van der Waals surface area contributed by atoms with Gasteiger partial charge in [-0.2, -0.15) is 0 Å². The number of aromatic nitrogens is 1. The molecule has 0 aliphatic rings. The molecule has 0 saturated heterocycles. The first-order valence-corrected chi connectivity index (χ1v) is 5.32. The van der Waals surface area contributed by atoms with Crippen molar-refractivity contribution < 1.29 is 20.2 Å². The van der Waals surface area contributed by atoms with E-state index in [0.717, 1.165) is 6.07 Å². The maximum atomic E-state index is 10.6. The molecular formula is C10H15N3O5. The topological polar surface area (TPSA) is 129 Å². The number of hydrogen-bond acceptors (Lipinski definition) is 7. The van der Waals surface area contributed by atoms with Gasteiger partial charge in [-0.15, -0.1) is 0 Å². The van der Waals surface area contributed by atoms with Crippen LogP contribution in [0.4, 0.5) is 5.82 Å². The van der Waals surface area contributed by atoms with Crippen LogP contribution in [0, 0.1) is 10.1 Å². The standard InChI is InChI=1S/C10H15N3O5/c1-11-5-4-7(14)9(16)6-2-3-8(15)10(12-6)13(17)18/h2-3,7,9,11,14-16H,4-5H2,1H3. The average molecular weight is 257 g/mol. The minimum atomic E-state index is -1.34. The number of aliphatic hydroxyl groups excluding tert-OH is 2. The Morgan fingerprint density at radius 1 is 1.50 bits per heavy atom. The van der Waals surface area contributed by atoms with E-state index in [1.807, 2.05) is 0 Å². The fourth-order valence-corrected chi connectivity index (χ4v) is 1.40. The molecule has 18 heavy (non-hydrogen) atoms. The molecule has 0 aliphatic carbocycles. The van der Waals surface area contributed by atoms with Crippen LogP contribution in [0.15, 0.2) is 12.1 Å². The van der Waals surface area contributed by atoms with Crippen LogP contribution in [0.3, 0.4) is 0 Å². The molecule has 8 heteroatoms. The van der Waals surface area contributed by atoms with Gasteiger partial charge in [0.1, 0.15) is 6.10 Å². The van der Waals surface area contributed by atoms with E-state index in [0.29, 0.717) is 6.54 Å². The van der Waals surface area contributed by atoms with Crippen LogP contribution in [0.5, 0.6) is 5.75 Å². The Morgan fingerprint density at radius 2 is 2.17 bits per heavy atom. The molecule has 1 heterocycles. The van der Waals surface area contributed by atoms with E-state index in [4.69, 9.17) is 0 Å². The summed E-state index contributed by atoms with van der Waals surface area (Å²) in [6, 6.07) is 2.30. The molecule has 0 saturated carbocycles. The molecule has 1 aromatic rings. The first kappa shape index (κ1) is 14.3. The molecule has 1 rings (SSSR count). The Morgan fingerprint density at radius 3 is 2.72 bits per heavy atom. The van der Waals surface area contributed by atoms with Gasteiger partial charge in [0, 0.05) is 0 Å². The summed E-state index contributed by atoms with van der Waals surface area (Å²) in [7, 11) is 1.70. The van der Waals surface area contributed by atoms with Gasteiger partial charge in [-0.1, -0.05) is 0 Å². The van der Waals surface area contributed by atoms with Crippen molar-refractivity contribution in [3.05, 3.63) is 27.9 Å². The van der Waals surface area contributed by atoms with Gasteiger partial charge in [0.2, 0.25) is 5.75 Å². The second-order valence-corrected chi connectivity index (χ2v) is 3.74. The average Bonchev–Trinajstić information content (AvgIpc) is 2.35. The highest BCUT2D eigenvalue weighted by atomic mass is 16.6. The van der Waals surface area contributed by atoms with E-state index in [9.17, 15) is 25.4 Å². The summed E-state index contributed by atoms with van der Waals surface area (Å²) in [5.41, 5.74) is -0.0527. The molecule has 0 amide bonds. The lowest BCUT2D eigenvalue weighted by Gasteiger charge is -2.14. The van der Waals surface area contributed by atoms with Crippen molar-refractivity contribution in [3.63, 3.8) is 0 Å². The summed E-state index contributed by atoms with van der Waals surface area (Å²) in [5.74, 6) is -1.33. The predicted octanol–water partition coefficient (Wildman–Crippen LogP) is -0.301. The van der Waals surface area contributed by atoms with Crippen LogP contribution < -0.4 is 5.32 Å². The Labute approximate surface area is 103 Å². The summed E-state index contributed by atoms with van der Waals surface area (Å²) in [6.07, 6.45) is -2.15. The van der Waals surface area contributed by atoms with Crippen molar-refractivity contribution >= 4 is 5.82 Å². The van der Waals surface area contributed by atoms with Gasteiger partial charge < -0.3 is 30.8 Å². The van der Waals surface area contributed by atoms with Crippen molar-refractivity contribution in [2.24, 2.45) is 0 Å². The van der Waals surface area contributed by atoms with E-state index >= 15 is 0 Å². The molecule has 0 spiro atoms. The number of nitro groups is 1. The van der Waals surface area contributed by atoms with Gasteiger partial charge in [-0.05, 0) is 42.1 Å². The Balaban J connectivity index is 2.89. The van der Waals surface area contributed by atoms with Crippen molar-refractivity contribution in [1.82, 2.24) is 10.3 Å². The minimum absolute atomic E-state index is 0.0527. The molecule has 0 radical (unpaired) electrons. The highest BCUT2D eigenvalue weighted by Crippen LogP contribution is 2.26. The van der Waals surface area contributed by atoms with Crippen LogP contribution in [0.1, 0.15) is 18.2 Å².